The normalized spacial score (nSPS) is 13.1. The Bertz CT molecular complexity index is 706. The van der Waals surface area contributed by atoms with Crippen molar-refractivity contribution in [3.8, 4) is 0 Å². The third-order valence-corrected chi connectivity index (χ3v) is 5.00. The van der Waals surface area contributed by atoms with Gasteiger partial charge >= 0.3 is 0 Å². The molecule has 2 rings (SSSR count). The zero-order chi connectivity index (χ0) is 15.5. The lowest BCUT2D eigenvalue weighted by Crippen LogP contribution is -2.00. The zero-order valence-corrected chi connectivity index (χ0v) is 13.8. The lowest BCUT2D eigenvalue weighted by molar-refractivity contribution is 0.601. The number of sulfone groups is 1. The maximum Gasteiger partial charge on any atom is 0.175 e. The van der Waals surface area contributed by atoms with E-state index in [0.29, 0.717) is 4.90 Å². The summed E-state index contributed by atoms with van der Waals surface area (Å²) in [5.41, 5.74) is 3.06. The molecule has 0 aromatic heterocycles. The largest absolute Gasteiger partial charge is 0.224 e. The minimum Gasteiger partial charge on any atom is -0.224 e. The van der Waals surface area contributed by atoms with Gasteiger partial charge in [-0.05, 0) is 35.2 Å². The van der Waals surface area contributed by atoms with Crippen LogP contribution in [0.5, 0.6) is 0 Å². The summed E-state index contributed by atoms with van der Waals surface area (Å²) in [4.78, 5) is 0.299. The number of hydrogen-bond donors (Lipinski definition) is 0. The fourth-order valence-corrected chi connectivity index (χ4v) is 3.19. The Morgan fingerprint density at radius 3 is 2.29 bits per heavy atom. The average Bonchev–Trinajstić information content (AvgIpc) is 2.47. The van der Waals surface area contributed by atoms with Crippen LogP contribution < -0.4 is 0 Å². The van der Waals surface area contributed by atoms with E-state index in [4.69, 9.17) is 11.6 Å². The summed E-state index contributed by atoms with van der Waals surface area (Å²) in [5.74, 6) is 0. The summed E-state index contributed by atoms with van der Waals surface area (Å²) < 4.78 is 23.2. The van der Waals surface area contributed by atoms with E-state index >= 15 is 0 Å². The topological polar surface area (TPSA) is 34.1 Å². The van der Waals surface area contributed by atoms with Gasteiger partial charge in [0.2, 0.25) is 0 Å². The van der Waals surface area contributed by atoms with Gasteiger partial charge in [-0.1, -0.05) is 49.7 Å². The van der Waals surface area contributed by atoms with E-state index in [0.717, 1.165) is 24.0 Å². The predicted octanol–water partition coefficient (Wildman–Crippen LogP) is 4.37. The van der Waals surface area contributed by atoms with Crippen LogP contribution in [0.15, 0.2) is 53.4 Å². The van der Waals surface area contributed by atoms with Crippen molar-refractivity contribution in [2.45, 2.75) is 30.0 Å². The Morgan fingerprint density at radius 1 is 1.05 bits per heavy atom. The van der Waals surface area contributed by atoms with E-state index in [1.165, 1.54) is 11.8 Å². The van der Waals surface area contributed by atoms with Crippen molar-refractivity contribution < 1.29 is 8.42 Å². The standard InChI is InChI=1S/C17H19ClO2S/c1-3-5-13-8-10-14(11-9-13)17(18)15-6-4-7-16(12-15)21(2,19)20/h4,6-12,17H,3,5H2,1-2H3. The molecule has 2 aromatic carbocycles. The first-order valence-corrected chi connectivity index (χ1v) is 9.27. The Hall–Kier alpha value is -1.32. The van der Waals surface area contributed by atoms with Gasteiger partial charge in [0.15, 0.2) is 9.84 Å². The SMILES string of the molecule is CCCc1ccc(C(Cl)c2cccc(S(C)(=O)=O)c2)cc1. The van der Waals surface area contributed by atoms with Crippen LogP contribution in [0.4, 0.5) is 0 Å². The summed E-state index contributed by atoms with van der Waals surface area (Å²) in [6, 6.07) is 15.0. The van der Waals surface area contributed by atoms with Crippen LogP contribution in [0.1, 0.15) is 35.4 Å². The first kappa shape index (κ1) is 16.1. The van der Waals surface area contributed by atoms with Crippen molar-refractivity contribution >= 4 is 21.4 Å². The highest BCUT2D eigenvalue weighted by Gasteiger charge is 2.14. The molecule has 0 aliphatic heterocycles. The average molecular weight is 323 g/mol. The Labute approximate surface area is 131 Å². The number of alkyl halides is 1. The van der Waals surface area contributed by atoms with E-state index in [-0.39, 0.29) is 5.38 Å². The van der Waals surface area contributed by atoms with Gasteiger partial charge in [-0.25, -0.2) is 8.42 Å². The van der Waals surface area contributed by atoms with E-state index in [1.54, 1.807) is 18.2 Å². The molecule has 21 heavy (non-hydrogen) atoms. The molecule has 1 unspecified atom stereocenters. The van der Waals surface area contributed by atoms with Crippen molar-refractivity contribution in [2.24, 2.45) is 0 Å². The molecule has 0 aliphatic carbocycles. The van der Waals surface area contributed by atoms with Crippen molar-refractivity contribution in [2.75, 3.05) is 6.26 Å². The summed E-state index contributed by atoms with van der Waals surface area (Å²) in [6.45, 7) is 2.15. The molecule has 1 atom stereocenters. The molecule has 0 fully saturated rings. The molecule has 0 spiro atoms. The van der Waals surface area contributed by atoms with Crippen molar-refractivity contribution in [1.29, 1.82) is 0 Å². The molecule has 0 heterocycles. The molecule has 0 amide bonds. The van der Waals surface area contributed by atoms with Gasteiger partial charge in [0.05, 0.1) is 10.3 Å². The summed E-state index contributed by atoms with van der Waals surface area (Å²) in [5, 5.41) is -0.345. The van der Waals surface area contributed by atoms with Gasteiger partial charge in [-0.3, -0.25) is 0 Å². The summed E-state index contributed by atoms with van der Waals surface area (Å²) in [6.07, 6.45) is 3.37. The van der Waals surface area contributed by atoms with E-state index in [1.807, 2.05) is 18.2 Å². The van der Waals surface area contributed by atoms with Gasteiger partial charge in [0.1, 0.15) is 0 Å². The van der Waals surface area contributed by atoms with Crippen LogP contribution in [0.3, 0.4) is 0 Å². The number of hydrogen-bond acceptors (Lipinski definition) is 2. The molecular formula is C17H19ClO2S. The van der Waals surface area contributed by atoms with Crippen LogP contribution >= 0.6 is 11.6 Å². The molecule has 2 aromatic rings. The Balaban J connectivity index is 2.29. The molecule has 0 saturated carbocycles. The highest BCUT2D eigenvalue weighted by molar-refractivity contribution is 7.90. The zero-order valence-electron chi connectivity index (χ0n) is 12.2. The van der Waals surface area contributed by atoms with Crippen molar-refractivity contribution in [3.63, 3.8) is 0 Å². The maximum absolute atomic E-state index is 11.6. The monoisotopic (exact) mass is 322 g/mol. The fraction of sp³-hybridized carbons (Fsp3) is 0.294. The molecule has 112 valence electrons. The summed E-state index contributed by atoms with van der Waals surface area (Å²) in [7, 11) is -3.21. The number of halogens is 1. The lowest BCUT2D eigenvalue weighted by atomic mass is 10.0. The van der Waals surface area contributed by atoms with Crippen molar-refractivity contribution in [1.82, 2.24) is 0 Å². The first-order valence-electron chi connectivity index (χ1n) is 6.94. The second-order valence-corrected chi connectivity index (χ2v) is 7.65. The van der Waals surface area contributed by atoms with Crippen LogP contribution in [0, 0.1) is 0 Å². The van der Waals surface area contributed by atoms with E-state index < -0.39 is 9.84 Å². The molecule has 0 aliphatic rings. The molecule has 0 N–H and O–H groups in total. The molecule has 4 heteroatoms. The van der Waals surface area contributed by atoms with Crippen LogP contribution in [-0.2, 0) is 16.3 Å². The highest BCUT2D eigenvalue weighted by atomic mass is 35.5. The maximum atomic E-state index is 11.6. The molecule has 0 radical (unpaired) electrons. The van der Waals surface area contributed by atoms with E-state index in [2.05, 4.69) is 19.1 Å². The van der Waals surface area contributed by atoms with Crippen LogP contribution in [0.2, 0.25) is 0 Å². The van der Waals surface area contributed by atoms with Gasteiger partial charge in [-0.2, -0.15) is 0 Å². The predicted molar refractivity (Wildman–Crippen MR) is 87.7 cm³/mol. The second-order valence-electron chi connectivity index (χ2n) is 5.20. The number of benzene rings is 2. The lowest BCUT2D eigenvalue weighted by Gasteiger charge is -2.12. The minimum absolute atomic E-state index is 0.299. The highest BCUT2D eigenvalue weighted by Crippen LogP contribution is 2.30. The van der Waals surface area contributed by atoms with E-state index in [9.17, 15) is 8.42 Å². The van der Waals surface area contributed by atoms with Crippen LogP contribution in [0.25, 0.3) is 0 Å². The third-order valence-electron chi connectivity index (χ3n) is 3.39. The Morgan fingerprint density at radius 2 is 1.71 bits per heavy atom. The van der Waals surface area contributed by atoms with Crippen LogP contribution in [-0.4, -0.2) is 14.7 Å². The fourth-order valence-electron chi connectivity index (χ4n) is 2.24. The van der Waals surface area contributed by atoms with Gasteiger partial charge in [0, 0.05) is 6.26 Å². The molecule has 2 nitrogen and oxygen atoms in total. The first-order chi connectivity index (χ1) is 9.91. The van der Waals surface area contributed by atoms with Crippen molar-refractivity contribution in [3.05, 3.63) is 65.2 Å². The smallest absolute Gasteiger partial charge is 0.175 e. The minimum atomic E-state index is -3.21. The molecule has 0 bridgehead atoms. The third kappa shape index (κ3) is 4.08. The quantitative estimate of drug-likeness (QED) is 0.766. The number of rotatable bonds is 5. The second kappa shape index (κ2) is 6.63. The van der Waals surface area contributed by atoms with Gasteiger partial charge in [0.25, 0.3) is 0 Å². The van der Waals surface area contributed by atoms with Gasteiger partial charge < -0.3 is 0 Å². The Kier molecular flexibility index (Phi) is 5.07. The molecular weight excluding hydrogens is 304 g/mol. The van der Waals surface area contributed by atoms with Gasteiger partial charge in [-0.15, -0.1) is 11.6 Å². The number of aryl methyl sites for hydroxylation is 1. The summed E-state index contributed by atoms with van der Waals surface area (Å²) >= 11 is 6.49. The molecule has 0 saturated heterocycles.